The van der Waals surface area contributed by atoms with Crippen molar-refractivity contribution < 1.29 is 9.31 Å². The minimum Gasteiger partial charge on any atom is -0.366 e. The summed E-state index contributed by atoms with van der Waals surface area (Å²) in [5.41, 5.74) is 6.05. The summed E-state index contributed by atoms with van der Waals surface area (Å²) in [5, 5.41) is 11.2. The molecule has 2 rings (SSSR count). The number of halogens is 2. The smallest absolute Gasteiger partial charge is 0.295 e. The summed E-state index contributed by atoms with van der Waals surface area (Å²) in [5.74, 6) is -0.315. The minimum atomic E-state index is -0.627. The number of nitro benzene ring substituents is 1. The van der Waals surface area contributed by atoms with Crippen LogP contribution in [0.1, 0.15) is 25.7 Å². The van der Waals surface area contributed by atoms with E-state index in [4.69, 9.17) is 5.73 Å². The van der Waals surface area contributed by atoms with Gasteiger partial charge in [0.2, 0.25) is 0 Å². The lowest BCUT2D eigenvalue weighted by atomic mass is 9.83. The SMILES string of the molecule is CN(c1cc(Br)c(F)cc1[N+](=O)[O-])C1CCCCC1CN. The molecule has 1 aliphatic carbocycles. The second-order valence-electron chi connectivity index (χ2n) is 5.47. The monoisotopic (exact) mass is 359 g/mol. The molecule has 5 nitrogen and oxygen atoms in total. The predicted molar refractivity (Wildman–Crippen MR) is 84.0 cm³/mol. The van der Waals surface area contributed by atoms with E-state index in [0.717, 1.165) is 31.7 Å². The van der Waals surface area contributed by atoms with Crippen LogP contribution in [0.25, 0.3) is 0 Å². The van der Waals surface area contributed by atoms with Crippen molar-refractivity contribution in [1.29, 1.82) is 0 Å². The fourth-order valence-electron chi connectivity index (χ4n) is 3.11. The lowest BCUT2D eigenvalue weighted by Crippen LogP contribution is -2.43. The average Bonchev–Trinajstić information content (AvgIpc) is 2.48. The molecule has 21 heavy (non-hydrogen) atoms. The second-order valence-corrected chi connectivity index (χ2v) is 6.32. The number of nitrogens with two attached hydrogens (primary N) is 1. The maximum absolute atomic E-state index is 13.6. The first-order valence-electron chi connectivity index (χ1n) is 7.02. The first-order chi connectivity index (χ1) is 9.95. The molecule has 1 fully saturated rings. The van der Waals surface area contributed by atoms with Gasteiger partial charge in [0.25, 0.3) is 5.69 Å². The molecule has 2 N–H and O–H groups in total. The molecule has 1 aromatic carbocycles. The third kappa shape index (κ3) is 3.35. The zero-order chi connectivity index (χ0) is 15.6. The summed E-state index contributed by atoms with van der Waals surface area (Å²) in [6.45, 7) is 0.561. The molecule has 0 spiro atoms. The molecule has 0 amide bonds. The molecule has 1 saturated carbocycles. The number of rotatable bonds is 4. The Bertz CT molecular complexity index is 541. The Morgan fingerprint density at radius 2 is 2.14 bits per heavy atom. The minimum absolute atomic E-state index is 0.153. The van der Waals surface area contributed by atoms with Gasteiger partial charge in [-0.15, -0.1) is 0 Å². The Hall–Kier alpha value is -1.21. The number of nitro groups is 1. The summed E-state index contributed by atoms with van der Waals surface area (Å²) in [4.78, 5) is 12.5. The van der Waals surface area contributed by atoms with E-state index in [0.29, 0.717) is 18.2 Å². The largest absolute Gasteiger partial charge is 0.366 e. The van der Waals surface area contributed by atoms with E-state index < -0.39 is 10.7 Å². The van der Waals surface area contributed by atoms with Gasteiger partial charge >= 0.3 is 0 Å². The van der Waals surface area contributed by atoms with Crippen LogP contribution in [-0.2, 0) is 0 Å². The van der Waals surface area contributed by atoms with Gasteiger partial charge in [0, 0.05) is 13.1 Å². The highest BCUT2D eigenvalue weighted by Crippen LogP contribution is 2.37. The van der Waals surface area contributed by atoms with Gasteiger partial charge in [0.1, 0.15) is 11.5 Å². The first-order valence-corrected chi connectivity index (χ1v) is 7.81. The molecule has 116 valence electrons. The van der Waals surface area contributed by atoms with Crippen molar-refractivity contribution in [1.82, 2.24) is 0 Å². The molecule has 0 saturated heterocycles. The summed E-state index contributed by atoms with van der Waals surface area (Å²) < 4.78 is 13.8. The van der Waals surface area contributed by atoms with Gasteiger partial charge in [-0.25, -0.2) is 4.39 Å². The molecule has 1 aromatic rings. The van der Waals surface area contributed by atoms with Gasteiger partial charge in [0.15, 0.2) is 0 Å². The van der Waals surface area contributed by atoms with Crippen molar-refractivity contribution in [3.8, 4) is 0 Å². The fourth-order valence-corrected chi connectivity index (χ4v) is 3.44. The lowest BCUT2D eigenvalue weighted by molar-refractivity contribution is -0.384. The molecule has 7 heteroatoms. The summed E-state index contributed by atoms with van der Waals surface area (Å²) in [6.07, 6.45) is 4.20. The predicted octanol–water partition coefficient (Wildman–Crippen LogP) is 3.45. The third-order valence-electron chi connectivity index (χ3n) is 4.26. The Morgan fingerprint density at radius 3 is 2.76 bits per heavy atom. The Kier molecular flexibility index (Phi) is 5.16. The molecule has 0 heterocycles. The van der Waals surface area contributed by atoms with Crippen LogP contribution < -0.4 is 10.6 Å². The quantitative estimate of drug-likeness (QED) is 0.659. The van der Waals surface area contributed by atoms with Crippen molar-refractivity contribution in [2.75, 3.05) is 18.5 Å². The van der Waals surface area contributed by atoms with Crippen LogP contribution in [0.15, 0.2) is 16.6 Å². The van der Waals surface area contributed by atoms with Gasteiger partial charge in [-0.05, 0) is 47.3 Å². The zero-order valence-corrected chi connectivity index (χ0v) is 13.5. The maximum Gasteiger partial charge on any atom is 0.295 e. The summed E-state index contributed by atoms with van der Waals surface area (Å²) >= 11 is 3.10. The van der Waals surface area contributed by atoms with Gasteiger partial charge in [0.05, 0.1) is 15.5 Å². The van der Waals surface area contributed by atoms with Crippen molar-refractivity contribution in [3.63, 3.8) is 0 Å². The molecule has 2 atom stereocenters. The van der Waals surface area contributed by atoms with E-state index in [1.807, 2.05) is 11.9 Å². The highest BCUT2D eigenvalue weighted by atomic mass is 79.9. The van der Waals surface area contributed by atoms with Crippen LogP contribution in [0.5, 0.6) is 0 Å². The van der Waals surface area contributed by atoms with Crippen molar-refractivity contribution in [2.45, 2.75) is 31.7 Å². The highest BCUT2D eigenvalue weighted by molar-refractivity contribution is 9.10. The molecule has 1 aliphatic rings. The molecule has 0 aromatic heterocycles. The Morgan fingerprint density at radius 1 is 1.48 bits per heavy atom. The van der Waals surface area contributed by atoms with Crippen LogP contribution in [0.4, 0.5) is 15.8 Å². The summed E-state index contributed by atoms with van der Waals surface area (Å²) in [6, 6.07) is 2.60. The van der Waals surface area contributed by atoms with E-state index >= 15 is 0 Å². The van der Waals surface area contributed by atoms with E-state index in [2.05, 4.69) is 15.9 Å². The number of hydrogen-bond donors (Lipinski definition) is 1. The van der Waals surface area contributed by atoms with Crippen LogP contribution in [0, 0.1) is 21.8 Å². The standard InChI is InChI=1S/C14H19BrFN3O2/c1-18(12-5-3-2-4-9(12)8-17)13-6-10(15)11(16)7-14(13)19(20)21/h6-7,9,12H,2-5,8,17H2,1H3. The lowest BCUT2D eigenvalue weighted by Gasteiger charge is -2.38. The van der Waals surface area contributed by atoms with E-state index in [1.165, 1.54) is 6.07 Å². The zero-order valence-electron chi connectivity index (χ0n) is 11.9. The fraction of sp³-hybridized carbons (Fsp3) is 0.571. The second kappa shape index (κ2) is 6.70. The van der Waals surface area contributed by atoms with Crippen LogP contribution in [0.2, 0.25) is 0 Å². The van der Waals surface area contributed by atoms with Gasteiger partial charge in [-0.2, -0.15) is 0 Å². The Labute approximate surface area is 131 Å². The normalized spacial score (nSPS) is 22.1. The van der Waals surface area contributed by atoms with Crippen LogP contribution in [0.3, 0.4) is 0 Å². The maximum atomic E-state index is 13.6. The van der Waals surface area contributed by atoms with E-state index in [9.17, 15) is 14.5 Å². The number of anilines is 1. The van der Waals surface area contributed by atoms with Gasteiger partial charge < -0.3 is 10.6 Å². The molecule has 0 aliphatic heterocycles. The Balaban J connectivity index is 2.39. The number of hydrogen-bond acceptors (Lipinski definition) is 4. The van der Waals surface area contributed by atoms with Gasteiger partial charge in [-0.3, -0.25) is 10.1 Å². The average molecular weight is 360 g/mol. The van der Waals surface area contributed by atoms with Crippen molar-refractivity contribution in [3.05, 3.63) is 32.5 Å². The van der Waals surface area contributed by atoms with Crippen LogP contribution >= 0.6 is 15.9 Å². The topological polar surface area (TPSA) is 72.4 Å². The summed E-state index contributed by atoms with van der Waals surface area (Å²) in [7, 11) is 1.82. The molecule has 0 radical (unpaired) electrons. The third-order valence-corrected chi connectivity index (χ3v) is 4.87. The first kappa shape index (κ1) is 16.2. The van der Waals surface area contributed by atoms with Gasteiger partial charge in [-0.1, -0.05) is 12.8 Å². The van der Waals surface area contributed by atoms with E-state index in [-0.39, 0.29) is 16.2 Å². The highest BCUT2D eigenvalue weighted by Gasteiger charge is 2.31. The number of nitrogens with zero attached hydrogens (tertiary/aromatic N) is 2. The van der Waals surface area contributed by atoms with Crippen molar-refractivity contribution in [2.24, 2.45) is 11.7 Å². The molecule has 2 unspecified atom stereocenters. The van der Waals surface area contributed by atoms with Crippen LogP contribution in [-0.4, -0.2) is 24.6 Å². The molecular weight excluding hydrogens is 341 g/mol. The number of benzene rings is 1. The van der Waals surface area contributed by atoms with Crippen molar-refractivity contribution >= 4 is 27.3 Å². The molecule has 0 bridgehead atoms. The van der Waals surface area contributed by atoms with E-state index in [1.54, 1.807) is 0 Å². The molecular formula is C14H19BrFN3O2.